The predicted octanol–water partition coefficient (Wildman–Crippen LogP) is 2.35. The summed E-state index contributed by atoms with van der Waals surface area (Å²) < 4.78 is 0. The molecule has 0 spiro atoms. The van der Waals surface area contributed by atoms with Crippen LogP contribution in [0.2, 0.25) is 0 Å². The van der Waals surface area contributed by atoms with Crippen molar-refractivity contribution in [2.24, 2.45) is 0 Å². The first-order valence-corrected chi connectivity index (χ1v) is 6.74. The third kappa shape index (κ3) is 2.90. The summed E-state index contributed by atoms with van der Waals surface area (Å²) >= 11 is 5.95. The van der Waals surface area contributed by atoms with Crippen LogP contribution in [0.3, 0.4) is 0 Å². The molecule has 0 saturated carbocycles. The standard InChI is InChI=1S/C13H20ClN3/c1-11(2)16-6-8-17(9-7-16)13-12(10-14)4-3-5-15-13/h3-5,11H,6-10H2,1-2H3. The maximum atomic E-state index is 5.95. The summed E-state index contributed by atoms with van der Waals surface area (Å²) in [6.45, 7) is 8.80. The third-order valence-corrected chi connectivity index (χ3v) is 3.64. The summed E-state index contributed by atoms with van der Waals surface area (Å²) in [5.41, 5.74) is 1.13. The van der Waals surface area contributed by atoms with E-state index in [1.54, 1.807) is 0 Å². The lowest BCUT2D eigenvalue weighted by Crippen LogP contribution is -2.49. The van der Waals surface area contributed by atoms with Crippen molar-refractivity contribution >= 4 is 17.4 Å². The highest BCUT2D eigenvalue weighted by Gasteiger charge is 2.20. The molecule has 4 heteroatoms. The largest absolute Gasteiger partial charge is 0.354 e. The zero-order valence-corrected chi connectivity index (χ0v) is 11.3. The highest BCUT2D eigenvalue weighted by atomic mass is 35.5. The minimum Gasteiger partial charge on any atom is -0.354 e. The summed E-state index contributed by atoms with van der Waals surface area (Å²) in [7, 11) is 0. The first-order valence-electron chi connectivity index (χ1n) is 6.21. The van der Waals surface area contributed by atoms with Gasteiger partial charge in [-0.15, -0.1) is 11.6 Å². The molecule has 1 aromatic heterocycles. The van der Waals surface area contributed by atoms with Gasteiger partial charge in [0.1, 0.15) is 5.82 Å². The molecule has 0 aliphatic carbocycles. The van der Waals surface area contributed by atoms with E-state index in [0.717, 1.165) is 37.6 Å². The molecule has 0 atom stereocenters. The quantitative estimate of drug-likeness (QED) is 0.771. The molecule has 1 aromatic rings. The van der Waals surface area contributed by atoms with Crippen molar-refractivity contribution in [3.63, 3.8) is 0 Å². The van der Waals surface area contributed by atoms with E-state index in [1.165, 1.54) is 0 Å². The molecule has 2 heterocycles. The van der Waals surface area contributed by atoms with Gasteiger partial charge in [-0.05, 0) is 19.9 Å². The van der Waals surface area contributed by atoms with E-state index in [0.29, 0.717) is 11.9 Å². The average Bonchev–Trinajstić information content (AvgIpc) is 2.39. The minimum absolute atomic E-state index is 0.535. The van der Waals surface area contributed by atoms with Crippen LogP contribution < -0.4 is 4.90 Å². The molecule has 0 bridgehead atoms. The van der Waals surface area contributed by atoms with E-state index >= 15 is 0 Å². The molecule has 1 aliphatic rings. The van der Waals surface area contributed by atoms with Crippen LogP contribution in [-0.4, -0.2) is 42.1 Å². The molecule has 17 heavy (non-hydrogen) atoms. The van der Waals surface area contributed by atoms with Crippen LogP contribution in [0.4, 0.5) is 5.82 Å². The molecule has 0 N–H and O–H groups in total. The van der Waals surface area contributed by atoms with Crippen LogP contribution in [-0.2, 0) is 5.88 Å². The van der Waals surface area contributed by atoms with Crippen molar-refractivity contribution in [2.75, 3.05) is 31.1 Å². The van der Waals surface area contributed by atoms with Crippen LogP contribution in [0.1, 0.15) is 19.4 Å². The zero-order chi connectivity index (χ0) is 12.3. The van der Waals surface area contributed by atoms with Gasteiger partial charge in [-0.2, -0.15) is 0 Å². The number of piperazine rings is 1. The number of aromatic nitrogens is 1. The van der Waals surface area contributed by atoms with Crippen molar-refractivity contribution in [1.82, 2.24) is 9.88 Å². The summed E-state index contributed by atoms with van der Waals surface area (Å²) in [5.74, 6) is 1.60. The van der Waals surface area contributed by atoms with Gasteiger partial charge in [-0.25, -0.2) is 4.98 Å². The Kier molecular flexibility index (Phi) is 4.24. The fourth-order valence-corrected chi connectivity index (χ4v) is 2.48. The van der Waals surface area contributed by atoms with E-state index < -0.39 is 0 Å². The fourth-order valence-electron chi connectivity index (χ4n) is 2.27. The van der Waals surface area contributed by atoms with Crippen LogP contribution >= 0.6 is 11.6 Å². The molecule has 1 saturated heterocycles. The lowest BCUT2D eigenvalue weighted by molar-refractivity contribution is 0.209. The van der Waals surface area contributed by atoms with E-state index in [-0.39, 0.29) is 0 Å². The van der Waals surface area contributed by atoms with Gasteiger partial charge in [0.25, 0.3) is 0 Å². The van der Waals surface area contributed by atoms with Gasteiger partial charge in [0.2, 0.25) is 0 Å². The summed E-state index contributed by atoms with van der Waals surface area (Å²) in [6.07, 6.45) is 1.85. The Labute approximate surface area is 108 Å². The predicted molar refractivity (Wildman–Crippen MR) is 72.7 cm³/mol. The van der Waals surface area contributed by atoms with Crippen molar-refractivity contribution in [2.45, 2.75) is 25.8 Å². The number of alkyl halides is 1. The van der Waals surface area contributed by atoms with Gasteiger partial charge >= 0.3 is 0 Å². The van der Waals surface area contributed by atoms with Gasteiger partial charge in [0, 0.05) is 44.0 Å². The number of pyridine rings is 1. The second kappa shape index (κ2) is 5.69. The Bertz CT molecular complexity index is 359. The van der Waals surface area contributed by atoms with Crippen molar-refractivity contribution in [3.05, 3.63) is 23.9 Å². The van der Waals surface area contributed by atoms with Gasteiger partial charge in [-0.1, -0.05) is 6.07 Å². The molecule has 0 unspecified atom stereocenters. The summed E-state index contributed by atoms with van der Waals surface area (Å²) in [5, 5.41) is 0. The maximum Gasteiger partial charge on any atom is 0.133 e. The first-order chi connectivity index (χ1) is 8.22. The van der Waals surface area contributed by atoms with E-state index in [4.69, 9.17) is 11.6 Å². The first kappa shape index (κ1) is 12.7. The second-order valence-corrected chi connectivity index (χ2v) is 5.00. The summed E-state index contributed by atoms with van der Waals surface area (Å²) in [4.78, 5) is 9.31. The topological polar surface area (TPSA) is 19.4 Å². The Balaban J connectivity index is 2.05. The molecule has 0 aromatic carbocycles. The Morgan fingerprint density at radius 2 is 2.00 bits per heavy atom. The molecule has 3 nitrogen and oxygen atoms in total. The molecule has 1 aliphatic heterocycles. The van der Waals surface area contributed by atoms with Gasteiger partial charge in [-0.3, -0.25) is 4.90 Å². The van der Waals surface area contributed by atoms with Crippen LogP contribution in [0.15, 0.2) is 18.3 Å². The Morgan fingerprint density at radius 1 is 1.29 bits per heavy atom. The van der Waals surface area contributed by atoms with Crippen LogP contribution in [0.25, 0.3) is 0 Å². The lowest BCUT2D eigenvalue weighted by Gasteiger charge is -2.38. The lowest BCUT2D eigenvalue weighted by atomic mass is 10.2. The number of hydrogen-bond donors (Lipinski definition) is 0. The normalized spacial score (nSPS) is 17.8. The molecule has 94 valence electrons. The Morgan fingerprint density at radius 3 is 2.59 bits per heavy atom. The second-order valence-electron chi connectivity index (χ2n) is 4.74. The van der Waals surface area contributed by atoms with Crippen molar-refractivity contribution in [3.8, 4) is 0 Å². The number of nitrogens with zero attached hydrogens (tertiary/aromatic N) is 3. The Hall–Kier alpha value is -0.800. The smallest absolute Gasteiger partial charge is 0.133 e. The molecule has 0 amide bonds. The monoisotopic (exact) mass is 253 g/mol. The third-order valence-electron chi connectivity index (χ3n) is 3.36. The number of anilines is 1. The molecule has 2 rings (SSSR count). The zero-order valence-electron chi connectivity index (χ0n) is 10.6. The van der Waals surface area contributed by atoms with Gasteiger partial charge < -0.3 is 4.90 Å². The van der Waals surface area contributed by atoms with Crippen molar-refractivity contribution in [1.29, 1.82) is 0 Å². The van der Waals surface area contributed by atoms with Gasteiger partial charge in [0.15, 0.2) is 0 Å². The maximum absolute atomic E-state index is 5.95. The highest BCUT2D eigenvalue weighted by Crippen LogP contribution is 2.20. The molecular weight excluding hydrogens is 234 g/mol. The van der Waals surface area contributed by atoms with E-state index in [9.17, 15) is 0 Å². The van der Waals surface area contributed by atoms with E-state index in [1.807, 2.05) is 12.3 Å². The van der Waals surface area contributed by atoms with Crippen LogP contribution in [0.5, 0.6) is 0 Å². The van der Waals surface area contributed by atoms with Gasteiger partial charge in [0.05, 0.1) is 5.88 Å². The van der Waals surface area contributed by atoms with Crippen LogP contribution in [0, 0.1) is 0 Å². The SMILES string of the molecule is CC(C)N1CCN(c2ncccc2CCl)CC1. The number of halogens is 1. The number of rotatable bonds is 3. The number of hydrogen-bond acceptors (Lipinski definition) is 3. The molecule has 1 fully saturated rings. The fraction of sp³-hybridized carbons (Fsp3) is 0.615. The van der Waals surface area contributed by atoms with Crippen molar-refractivity contribution < 1.29 is 0 Å². The van der Waals surface area contributed by atoms with E-state index in [2.05, 4.69) is 34.7 Å². The molecule has 0 radical (unpaired) electrons. The average molecular weight is 254 g/mol. The summed E-state index contributed by atoms with van der Waals surface area (Å²) in [6, 6.07) is 4.64. The highest BCUT2D eigenvalue weighted by molar-refractivity contribution is 6.17. The minimum atomic E-state index is 0.535. The molecular formula is C13H20ClN3.